The molecule has 0 bridgehead atoms. The first-order valence-electron chi connectivity index (χ1n) is 9.20. The fourth-order valence-electron chi connectivity index (χ4n) is 3.56. The van der Waals surface area contributed by atoms with Crippen molar-refractivity contribution in [3.8, 4) is 6.07 Å². The molecular formula is C25H24N2. The van der Waals surface area contributed by atoms with Gasteiger partial charge in [0.25, 0.3) is 0 Å². The lowest BCUT2D eigenvalue weighted by Crippen LogP contribution is -2.39. The van der Waals surface area contributed by atoms with Crippen LogP contribution >= 0.6 is 0 Å². The molecule has 3 aromatic carbocycles. The maximum Gasteiger partial charge on any atom is 0.0991 e. The van der Waals surface area contributed by atoms with E-state index >= 15 is 0 Å². The minimum Gasteiger partial charge on any atom is -0.311 e. The van der Waals surface area contributed by atoms with Gasteiger partial charge in [-0.3, -0.25) is 0 Å². The number of allylic oxidation sites excluding steroid dienone is 1. The summed E-state index contributed by atoms with van der Waals surface area (Å²) in [5, 5.41) is 12.6. The zero-order valence-corrected chi connectivity index (χ0v) is 15.4. The highest BCUT2D eigenvalue weighted by Gasteiger charge is 2.32. The number of hydrogen-bond acceptors (Lipinski definition) is 2. The molecule has 0 atom stereocenters. The summed E-state index contributed by atoms with van der Waals surface area (Å²) in [6, 6.07) is 31.2. The lowest BCUT2D eigenvalue weighted by Gasteiger charge is -2.35. The molecule has 3 aromatic rings. The van der Waals surface area contributed by atoms with Gasteiger partial charge in [-0.15, -0.1) is 6.58 Å². The molecule has 0 aliphatic rings. The molecule has 0 aliphatic heterocycles. The summed E-state index contributed by atoms with van der Waals surface area (Å²) in [6.07, 6.45) is 2.85. The summed E-state index contributed by atoms with van der Waals surface area (Å²) in [5.41, 5.74) is 4.25. The normalized spacial score (nSPS) is 10.9. The molecule has 0 fully saturated rings. The molecule has 0 heterocycles. The molecule has 0 spiro atoms. The molecule has 0 saturated heterocycles. The second-order valence-electron chi connectivity index (χ2n) is 6.72. The van der Waals surface area contributed by atoms with Gasteiger partial charge in [0.15, 0.2) is 0 Å². The van der Waals surface area contributed by atoms with E-state index < -0.39 is 0 Å². The number of rotatable bonds is 8. The molecule has 0 radical (unpaired) electrons. The summed E-state index contributed by atoms with van der Waals surface area (Å²) in [4.78, 5) is 0. The molecular weight excluding hydrogens is 328 g/mol. The Morgan fingerprint density at radius 1 is 0.852 bits per heavy atom. The van der Waals surface area contributed by atoms with E-state index in [2.05, 4.69) is 78.6 Å². The van der Waals surface area contributed by atoms with Crippen molar-refractivity contribution in [2.24, 2.45) is 0 Å². The smallest absolute Gasteiger partial charge is 0.0991 e. The lowest BCUT2D eigenvalue weighted by molar-refractivity contribution is 0.467. The SMILES string of the molecule is C=CCC(CNCc1ccc(C#N)cc1)(c1ccccc1)c1ccccc1. The van der Waals surface area contributed by atoms with Gasteiger partial charge >= 0.3 is 0 Å². The van der Waals surface area contributed by atoms with Gasteiger partial charge in [-0.05, 0) is 35.2 Å². The maximum absolute atomic E-state index is 8.95. The van der Waals surface area contributed by atoms with Crippen molar-refractivity contribution in [3.05, 3.63) is 120 Å². The number of benzene rings is 3. The summed E-state index contributed by atoms with van der Waals surface area (Å²) in [7, 11) is 0. The summed E-state index contributed by atoms with van der Waals surface area (Å²) < 4.78 is 0. The molecule has 0 aromatic heterocycles. The predicted molar refractivity (Wildman–Crippen MR) is 111 cm³/mol. The Morgan fingerprint density at radius 2 is 1.41 bits per heavy atom. The molecule has 0 unspecified atom stereocenters. The van der Waals surface area contributed by atoms with E-state index in [-0.39, 0.29) is 5.41 Å². The van der Waals surface area contributed by atoms with Crippen LogP contribution in [0.4, 0.5) is 0 Å². The van der Waals surface area contributed by atoms with Crippen molar-refractivity contribution in [1.29, 1.82) is 5.26 Å². The zero-order valence-electron chi connectivity index (χ0n) is 15.4. The van der Waals surface area contributed by atoms with Crippen LogP contribution in [0.3, 0.4) is 0 Å². The fourth-order valence-corrected chi connectivity index (χ4v) is 3.56. The zero-order chi connectivity index (χ0) is 19.0. The monoisotopic (exact) mass is 352 g/mol. The van der Waals surface area contributed by atoms with E-state index in [0.717, 1.165) is 19.5 Å². The van der Waals surface area contributed by atoms with E-state index in [1.54, 1.807) is 0 Å². The van der Waals surface area contributed by atoms with E-state index in [1.807, 2.05) is 30.3 Å². The first kappa shape index (κ1) is 18.6. The van der Waals surface area contributed by atoms with Gasteiger partial charge < -0.3 is 5.32 Å². The van der Waals surface area contributed by atoms with Crippen molar-refractivity contribution in [1.82, 2.24) is 5.32 Å². The average molecular weight is 352 g/mol. The fraction of sp³-hybridized carbons (Fsp3) is 0.160. The number of nitriles is 1. The van der Waals surface area contributed by atoms with Crippen LogP contribution in [0.15, 0.2) is 97.6 Å². The molecule has 27 heavy (non-hydrogen) atoms. The third kappa shape index (κ3) is 4.34. The van der Waals surface area contributed by atoms with Crippen molar-refractivity contribution in [2.45, 2.75) is 18.4 Å². The Bertz CT molecular complexity index is 851. The molecule has 1 N–H and O–H groups in total. The second kappa shape index (κ2) is 8.98. The lowest BCUT2D eigenvalue weighted by atomic mass is 9.72. The molecule has 3 rings (SSSR count). The van der Waals surface area contributed by atoms with Crippen LogP contribution in [0.5, 0.6) is 0 Å². The molecule has 134 valence electrons. The van der Waals surface area contributed by atoms with Gasteiger partial charge in [0.2, 0.25) is 0 Å². The number of nitrogens with one attached hydrogen (secondary N) is 1. The van der Waals surface area contributed by atoms with Gasteiger partial charge in [0.1, 0.15) is 0 Å². The van der Waals surface area contributed by atoms with Crippen LogP contribution in [-0.4, -0.2) is 6.54 Å². The minimum atomic E-state index is -0.170. The first-order valence-corrected chi connectivity index (χ1v) is 9.20. The molecule has 0 amide bonds. The third-order valence-corrected chi connectivity index (χ3v) is 4.98. The van der Waals surface area contributed by atoms with Crippen molar-refractivity contribution in [3.63, 3.8) is 0 Å². The van der Waals surface area contributed by atoms with Crippen LogP contribution in [0.25, 0.3) is 0 Å². The average Bonchev–Trinajstić information content (AvgIpc) is 2.75. The van der Waals surface area contributed by atoms with Gasteiger partial charge in [-0.25, -0.2) is 0 Å². The van der Waals surface area contributed by atoms with Crippen LogP contribution < -0.4 is 5.32 Å². The Hall–Kier alpha value is -3.15. The highest BCUT2D eigenvalue weighted by Crippen LogP contribution is 2.35. The minimum absolute atomic E-state index is 0.170. The highest BCUT2D eigenvalue weighted by atomic mass is 14.9. The van der Waals surface area contributed by atoms with Crippen molar-refractivity contribution < 1.29 is 0 Å². The molecule has 2 heteroatoms. The Morgan fingerprint density at radius 3 is 1.89 bits per heavy atom. The van der Waals surface area contributed by atoms with E-state index in [1.165, 1.54) is 16.7 Å². The van der Waals surface area contributed by atoms with E-state index in [0.29, 0.717) is 5.56 Å². The first-order chi connectivity index (χ1) is 13.3. The quantitative estimate of drug-likeness (QED) is 0.565. The summed E-state index contributed by atoms with van der Waals surface area (Å²) in [6.45, 7) is 5.58. The van der Waals surface area contributed by atoms with Crippen LogP contribution in [0.1, 0.15) is 28.7 Å². The predicted octanol–water partition coefficient (Wildman–Crippen LogP) is 5.21. The second-order valence-corrected chi connectivity index (χ2v) is 6.72. The molecule has 0 aliphatic carbocycles. The van der Waals surface area contributed by atoms with Gasteiger partial charge in [-0.1, -0.05) is 78.9 Å². The Balaban J connectivity index is 1.87. The van der Waals surface area contributed by atoms with Gasteiger partial charge in [0, 0.05) is 18.5 Å². The van der Waals surface area contributed by atoms with Crippen molar-refractivity contribution in [2.75, 3.05) is 6.54 Å². The topological polar surface area (TPSA) is 35.8 Å². The largest absolute Gasteiger partial charge is 0.311 e. The standard InChI is InChI=1S/C25H24N2/c1-2-17-25(23-9-5-3-6-10-23,24-11-7-4-8-12-24)20-27-19-22-15-13-21(18-26)14-16-22/h2-16,27H,1,17,19-20H2. The molecule has 2 nitrogen and oxygen atoms in total. The summed E-state index contributed by atoms with van der Waals surface area (Å²) in [5.74, 6) is 0. The van der Waals surface area contributed by atoms with Crippen LogP contribution in [0.2, 0.25) is 0 Å². The van der Waals surface area contributed by atoms with Crippen LogP contribution in [-0.2, 0) is 12.0 Å². The third-order valence-electron chi connectivity index (χ3n) is 4.98. The van der Waals surface area contributed by atoms with Gasteiger partial charge in [0.05, 0.1) is 11.6 Å². The highest BCUT2D eigenvalue weighted by molar-refractivity contribution is 5.41. The van der Waals surface area contributed by atoms with Crippen molar-refractivity contribution >= 4 is 0 Å². The number of hydrogen-bond donors (Lipinski definition) is 1. The Labute approximate surface area is 161 Å². The van der Waals surface area contributed by atoms with Crippen LogP contribution in [0, 0.1) is 11.3 Å². The van der Waals surface area contributed by atoms with E-state index in [9.17, 15) is 0 Å². The number of nitrogens with zero attached hydrogens (tertiary/aromatic N) is 1. The maximum atomic E-state index is 8.95. The summed E-state index contributed by atoms with van der Waals surface area (Å²) >= 11 is 0. The molecule has 0 saturated carbocycles. The Kier molecular flexibility index (Phi) is 6.20. The van der Waals surface area contributed by atoms with Gasteiger partial charge in [-0.2, -0.15) is 5.26 Å². The van der Waals surface area contributed by atoms with E-state index in [4.69, 9.17) is 5.26 Å².